The number of carbonyl (C=O) groups excluding carboxylic acids is 2. The van der Waals surface area contributed by atoms with Crippen molar-refractivity contribution in [3.63, 3.8) is 0 Å². The average Bonchev–Trinajstić information content (AvgIpc) is 2.51. The molecule has 6 nitrogen and oxygen atoms in total. The Hall–Kier alpha value is -2.08. The molecule has 6 heteroatoms. The summed E-state index contributed by atoms with van der Waals surface area (Å²) in [5.74, 6) is -0.367. The van der Waals surface area contributed by atoms with Gasteiger partial charge in [0.05, 0.1) is 0 Å². The molecular weight excluding hydrogens is 284 g/mol. The first kappa shape index (κ1) is 18.0. The predicted octanol–water partition coefficient (Wildman–Crippen LogP) is 1.27. The smallest absolute Gasteiger partial charge is 0.230 e. The zero-order valence-electron chi connectivity index (χ0n) is 12.9. The van der Waals surface area contributed by atoms with Gasteiger partial charge >= 0.3 is 0 Å². The number of aromatic hydroxyl groups is 1. The van der Waals surface area contributed by atoms with Gasteiger partial charge in [-0.2, -0.15) is 0 Å². The fraction of sp³-hybridized carbons (Fsp3) is 0.500. The monoisotopic (exact) mass is 308 g/mol. The Kier molecular flexibility index (Phi) is 7.99. The Morgan fingerprint density at radius 3 is 2.77 bits per heavy atom. The fourth-order valence-corrected chi connectivity index (χ4v) is 2.34. The number of aliphatic hydroxyl groups is 1. The minimum Gasteiger partial charge on any atom is -0.508 e. The molecule has 2 amide bonds. The Bertz CT molecular complexity index is 479. The summed E-state index contributed by atoms with van der Waals surface area (Å²) in [5.41, 5.74) is 0.637. The molecule has 0 radical (unpaired) electrons. The van der Waals surface area contributed by atoms with E-state index in [4.69, 9.17) is 5.11 Å². The van der Waals surface area contributed by atoms with Crippen LogP contribution in [0.3, 0.4) is 0 Å². The Labute approximate surface area is 130 Å². The molecule has 1 aromatic rings. The maximum atomic E-state index is 12.7. The van der Waals surface area contributed by atoms with E-state index in [0.29, 0.717) is 38.0 Å². The van der Waals surface area contributed by atoms with E-state index in [1.807, 2.05) is 6.92 Å². The summed E-state index contributed by atoms with van der Waals surface area (Å²) in [6.45, 7) is 2.81. The minimum atomic E-state index is -0.369. The Balaban J connectivity index is 2.90. The van der Waals surface area contributed by atoms with E-state index in [1.165, 1.54) is 0 Å². The molecule has 1 rings (SSSR count). The van der Waals surface area contributed by atoms with Crippen LogP contribution in [-0.4, -0.2) is 42.2 Å². The zero-order valence-corrected chi connectivity index (χ0v) is 12.9. The van der Waals surface area contributed by atoms with Gasteiger partial charge in [0, 0.05) is 37.4 Å². The highest BCUT2D eigenvalue weighted by Gasteiger charge is 2.24. The number of benzene rings is 1. The third-order valence-electron chi connectivity index (χ3n) is 3.40. The summed E-state index contributed by atoms with van der Waals surface area (Å²) in [5, 5.41) is 21.3. The van der Waals surface area contributed by atoms with Crippen LogP contribution in [0.5, 0.6) is 5.75 Å². The second-order valence-corrected chi connectivity index (χ2v) is 5.08. The van der Waals surface area contributed by atoms with E-state index in [2.05, 4.69) is 5.32 Å². The molecule has 0 spiro atoms. The van der Waals surface area contributed by atoms with Crippen LogP contribution in [0.2, 0.25) is 0 Å². The molecule has 0 saturated carbocycles. The summed E-state index contributed by atoms with van der Waals surface area (Å²) >= 11 is 0. The van der Waals surface area contributed by atoms with Gasteiger partial charge < -0.3 is 20.4 Å². The zero-order chi connectivity index (χ0) is 16.4. The number of nitrogens with zero attached hydrogens (tertiary/aromatic N) is 1. The summed E-state index contributed by atoms with van der Waals surface area (Å²) in [6.07, 6.45) is 2.19. The molecule has 0 aliphatic rings. The van der Waals surface area contributed by atoms with E-state index in [0.717, 1.165) is 6.42 Å². The van der Waals surface area contributed by atoms with Gasteiger partial charge in [-0.05, 0) is 31.4 Å². The third-order valence-corrected chi connectivity index (χ3v) is 3.40. The van der Waals surface area contributed by atoms with Crippen LogP contribution in [0.15, 0.2) is 24.3 Å². The molecule has 0 heterocycles. The molecule has 1 atom stereocenters. The van der Waals surface area contributed by atoms with Crippen molar-refractivity contribution in [1.29, 1.82) is 0 Å². The van der Waals surface area contributed by atoms with Crippen LogP contribution < -0.4 is 10.2 Å². The van der Waals surface area contributed by atoms with Gasteiger partial charge in [0.2, 0.25) is 12.3 Å². The van der Waals surface area contributed by atoms with Crippen LogP contribution in [0.1, 0.15) is 26.2 Å². The maximum Gasteiger partial charge on any atom is 0.230 e. The second kappa shape index (κ2) is 9.78. The van der Waals surface area contributed by atoms with Gasteiger partial charge in [0.1, 0.15) is 5.75 Å². The maximum absolute atomic E-state index is 12.7. The number of rotatable bonds is 10. The van der Waals surface area contributed by atoms with Crippen molar-refractivity contribution in [2.75, 3.05) is 24.6 Å². The van der Waals surface area contributed by atoms with E-state index in [1.54, 1.807) is 29.2 Å². The first-order valence-corrected chi connectivity index (χ1v) is 7.52. The third kappa shape index (κ3) is 5.37. The highest BCUT2D eigenvalue weighted by Crippen LogP contribution is 2.23. The molecule has 1 aromatic carbocycles. The van der Waals surface area contributed by atoms with Gasteiger partial charge in [0.25, 0.3) is 0 Å². The molecule has 22 heavy (non-hydrogen) atoms. The number of amides is 2. The number of anilines is 1. The summed E-state index contributed by atoms with van der Waals surface area (Å²) < 4.78 is 0. The standard InChI is InChI=1S/C16H24N2O4/c1-2-9-18(14-4-3-5-15(21)11-14)16(22)13(7-10-19)6-8-17-12-20/h3-5,11-13,19,21H,2,6-10H2,1H3,(H,17,20). The lowest BCUT2D eigenvalue weighted by Gasteiger charge is -2.27. The van der Waals surface area contributed by atoms with Crippen LogP contribution in [0.25, 0.3) is 0 Å². The lowest BCUT2D eigenvalue weighted by atomic mass is 9.99. The quantitative estimate of drug-likeness (QED) is 0.448. The van der Waals surface area contributed by atoms with Crippen LogP contribution >= 0.6 is 0 Å². The number of hydrogen-bond acceptors (Lipinski definition) is 4. The van der Waals surface area contributed by atoms with Gasteiger partial charge in [-0.1, -0.05) is 13.0 Å². The highest BCUT2D eigenvalue weighted by molar-refractivity contribution is 5.95. The lowest BCUT2D eigenvalue weighted by molar-refractivity contribution is -0.123. The normalized spacial score (nSPS) is 11.7. The number of phenols is 1. The Morgan fingerprint density at radius 2 is 2.18 bits per heavy atom. The van der Waals surface area contributed by atoms with Crippen molar-refractivity contribution in [2.24, 2.45) is 5.92 Å². The van der Waals surface area contributed by atoms with Crippen LogP contribution in [-0.2, 0) is 9.59 Å². The van der Waals surface area contributed by atoms with Gasteiger partial charge in [-0.25, -0.2) is 0 Å². The number of nitrogens with one attached hydrogen (secondary N) is 1. The van der Waals surface area contributed by atoms with Crippen molar-refractivity contribution >= 4 is 18.0 Å². The highest BCUT2D eigenvalue weighted by atomic mass is 16.3. The number of phenolic OH excluding ortho intramolecular Hbond substituents is 1. The molecule has 0 aromatic heterocycles. The van der Waals surface area contributed by atoms with E-state index in [-0.39, 0.29) is 24.2 Å². The van der Waals surface area contributed by atoms with Crippen molar-refractivity contribution in [1.82, 2.24) is 5.32 Å². The van der Waals surface area contributed by atoms with E-state index >= 15 is 0 Å². The van der Waals surface area contributed by atoms with Crippen molar-refractivity contribution in [3.05, 3.63) is 24.3 Å². The number of hydrogen-bond donors (Lipinski definition) is 3. The van der Waals surface area contributed by atoms with Gasteiger partial charge in [-0.3, -0.25) is 9.59 Å². The molecule has 1 unspecified atom stereocenters. The average molecular weight is 308 g/mol. The molecule has 0 aliphatic heterocycles. The minimum absolute atomic E-state index is 0.0858. The summed E-state index contributed by atoms with van der Waals surface area (Å²) in [7, 11) is 0. The molecule has 3 N–H and O–H groups in total. The molecular formula is C16H24N2O4. The number of carbonyl (C=O) groups is 2. The first-order chi connectivity index (χ1) is 10.6. The molecule has 0 saturated heterocycles. The fourth-order valence-electron chi connectivity index (χ4n) is 2.34. The van der Waals surface area contributed by atoms with Crippen molar-refractivity contribution in [3.8, 4) is 5.75 Å². The molecule has 0 bridgehead atoms. The Morgan fingerprint density at radius 1 is 1.41 bits per heavy atom. The van der Waals surface area contributed by atoms with E-state index < -0.39 is 0 Å². The SMILES string of the molecule is CCCN(C(=O)C(CCO)CCNC=O)c1cccc(O)c1. The lowest BCUT2D eigenvalue weighted by Crippen LogP contribution is -2.38. The second-order valence-electron chi connectivity index (χ2n) is 5.08. The first-order valence-electron chi connectivity index (χ1n) is 7.52. The van der Waals surface area contributed by atoms with Crippen LogP contribution in [0, 0.1) is 5.92 Å². The van der Waals surface area contributed by atoms with E-state index in [9.17, 15) is 14.7 Å². The number of aliphatic hydroxyl groups excluding tert-OH is 1. The van der Waals surface area contributed by atoms with Crippen LogP contribution in [0.4, 0.5) is 5.69 Å². The van der Waals surface area contributed by atoms with Gasteiger partial charge in [0.15, 0.2) is 0 Å². The summed E-state index contributed by atoms with van der Waals surface area (Å²) in [6, 6.07) is 6.56. The molecule has 0 aliphatic carbocycles. The van der Waals surface area contributed by atoms with Gasteiger partial charge in [-0.15, -0.1) is 0 Å². The molecule has 122 valence electrons. The summed E-state index contributed by atoms with van der Waals surface area (Å²) in [4.78, 5) is 24.7. The van der Waals surface area contributed by atoms with Crippen molar-refractivity contribution in [2.45, 2.75) is 26.2 Å². The largest absolute Gasteiger partial charge is 0.508 e. The topological polar surface area (TPSA) is 89.9 Å². The molecule has 0 fully saturated rings. The predicted molar refractivity (Wildman–Crippen MR) is 84.6 cm³/mol. The van der Waals surface area contributed by atoms with Crippen molar-refractivity contribution < 1.29 is 19.8 Å².